The summed E-state index contributed by atoms with van der Waals surface area (Å²) >= 11 is 0. The third kappa shape index (κ3) is 5.34. The maximum Gasteiger partial charge on any atom is 0.258 e. The number of aryl methyl sites for hydroxylation is 1. The fourth-order valence-corrected chi connectivity index (χ4v) is 6.19. The van der Waals surface area contributed by atoms with Gasteiger partial charge in [-0.1, -0.05) is 60.9 Å². The molecule has 0 aromatic heterocycles. The average molecular weight is 483 g/mol. The Bertz CT molecular complexity index is 1120. The second-order valence-corrected chi connectivity index (χ2v) is 10.4. The second kappa shape index (κ2) is 11.3. The Morgan fingerprint density at radius 1 is 0.833 bits per heavy atom. The molecule has 1 heterocycles. The van der Waals surface area contributed by atoms with E-state index < -0.39 is 0 Å². The van der Waals surface area contributed by atoms with Gasteiger partial charge in [-0.05, 0) is 80.5 Å². The number of rotatable bonds is 6. The Hall–Kier alpha value is -3.11. The number of benzene rings is 3. The lowest BCUT2D eigenvalue weighted by Gasteiger charge is -2.45. The predicted molar refractivity (Wildman–Crippen MR) is 147 cm³/mol. The molecule has 1 saturated heterocycles. The second-order valence-electron chi connectivity index (χ2n) is 10.4. The molecule has 0 spiro atoms. The standard InChI is InChI=1S/C32H38N2O2/c1-24-12-14-26(15-13-24)32(35)34(27-16-18-29(36-2)19-17-27)28-20-22-33(23-21-28)31-11-7-6-10-30(31)25-8-4-3-5-9-25/h3-5,8-9,12-19,28,30-31H,6-7,10-11,20-23H2,1-2H3. The van der Waals surface area contributed by atoms with Gasteiger partial charge in [0.1, 0.15) is 5.75 Å². The summed E-state index contributed by atoms with van der Waals surface area (Å²) in [5.41, 5.74) is 4.34. The molecule has 3 aromatic rings. The molecule has 1 amide bonds. The largest absolute Gasteiger partial charge is 0.497 e. The Balaban J connectivity index is 1.35. The summed E-state index contributed by atoms with van der Waals surface area (Å²) in [5.74, 6) is 1.50. The highest BCUT2D eigenvalue weighted by Crippen LogP contribution is 2.38. The molecule has 188 valence electrons. The summed E-state index contributed by atoms with van der Waals surface area (Å²) in [6.07, 6.45) is 7.16. The van der Waals surface area contributed by atoms with E-state index in [2.05, 4.69) is 42.2 Å². The topological polar surface area (TPSA) is 32.8 Å². The van der Waals surface area contributed by atoms with Crippen LogP contribution in [0.2, 0.25) is 0 Å². The summed E-state index contributed by atoms with van der Waals surface area (Å²) in [4.78, 5) is 18.6. The molecule has 0 radical (unpaired) electrons. The molecule has 36 heavy (non-hydrogen) atoms. The molecule has 3 aromatic carbocycles. The molecule has 0 bridgehead atoms. The molecular weight excluding hydrogens is 444 g/mol. The van der Waals surface area contributed by atoms with Crippen molar-refractivity contribution in [1.82, 2.24) is 4.90 Å². The van der Waals surface area contributed by atoms with Crippen LogP contribution >= 0.6 is 0 Å². The zero-order chi connectivity index (χ0) is 24.9. The van der Waals surface area contributed by atoms with Crippen molar-refractivity contribution < 1.29 is 9.53 Å². The van der Waals surface area contributed by atoms with Gasteiger partial charge < -0.3 is 9.64 Å². The number of likely N-dealkylation sites (tertiary alicyclic amines) is 1. The zero-order valence-electron chi connectivity index (χ0n) is 21.6. The van der Waals surface area contributed by atoms with Crippen LogP contribution in [0.1, 0.15) is 65.9 Å². The van der Waals surface area contributed by atoms with Crippen LogP contribution in [0.4, 0.5) is 5.69 Å². The van der Waals surface area contributed by atoms with Crippen molar-refractivity contribution in [2.45, 2.75) is 63.5 Å². The molecule has 1 aliphatic heterocycles. The normalized spacial score (nSPS) is 21.2. The molecule has 0 N–H and O–H groups in total. The Labute approximate surface area is 215 Å². The summed E-state index contributed by atoms with van der Waals surface area (Å²) in [5, 5.41) is 0. The number of carbonyl (C=O) groups is 1. The van der Waals surface area contributed by atoms with E-state index in [0.29, 0.717) is 12.0 Å². The monoisotopic (exact) mass is 482 g/mol. The van der Waals surface area contributed by atoms with E-state index in [9.17, 15) is 4.79 Å². The molecule has 1 aliphatic carbocycles. The highest BCUT2D eigenvalue weighted by atomic mass is 16.5. The molecule has 2 aliphatic rings. The van der Waals surface area contributed by atoms with Crippen molar-refractivity contribution in [3.05, 3.63) is 95.6 Å². The summed E-state index contributed by atoms with van der Waals surface area (Å²) in [6, 6.07) is 27.8. The van der Waals surface area contributed by atoms with Crippen molar-refractivity contribution in [3.63, 3.8) is 0 Å². The van der Waals surface area contributed by atoms with Crippen LogP contribution in [0.25, 0.3) is 0 Å². The van der Waals surface area contributed by atoms with Gasteiger partial charge in [-0.3, -0.25) is 9.69 Å². The first-order valence-electron chi connectivity index (χ1n) is 13.5. The molecule has 1 saturated carbocycles. The minimum atomic E-state index is 0.0819. The van der Waals surface area contributed by atoms with E-state index in [4.69, 9.17) is 4.74 Å². The highest BCUT2D eigenvalue weighted by molar-refractivity contribution is 6.06. The van der Waals surface area contributed by atoms with Gasteiger partial charge in [0, 0.05) is 36.4 Å². The first-order chi connectivity index (χ1) is 17.6. The van der Waals surface area contributed by atoms with Crippen molar-refractivity contribution in [2.75, 3.05) is 25.1 Å². The zero-order valence-corrected chi connectivity index (χ0v) is 21.6. The van der Waals surface area contributed by atoms with Gasteiger partial charge in [-0.25, -0.2) is 0 Å². The summed E-state index contributed by atoms with van der Waals surface area (Å²) in [7, 11) is 1.67. The lowest BCUT2D eigenvalue weighted by molar-refractivity contribution is 0.0895. The van der Waals surface area contributed by atoms with Crippen LogP contribution in [-0.4, -0.2) is 43.1 Å². The first-order valence-corrected chi connectivity index (χ1v) is 13.5. The Morgan fingerprint density at radius 2 is 1.50 bits per heavy atom. The van der Waals surface area contributed by atoms with Gasteiger partial charge >= 0.3 is 0 Å². The predicted octanol–water partition coefficient (Wildman–Crippen LogP) is 6.84. The molecule has 2 fully saturated rings. The number of hydrogen-bond donors (Lipinski definition) is 0. The van der Waals surface area contributed by atoms with Crippen molar-refractivity contribution in [2.24, 2.45) is 0 Å². The number of ether oxygens (including phenoxy) is 1. The van der Waals surface area contributed by atoms with Crippen LogP contribution in [0.15, 0.2) is 78.9 Å². The number of methoxy groups -OCH3 is 1. The SMILES string of the molecule is COc1ccc(N(C(=O)c2ccc(C)cc2)C2CCN(C3CCCCC3c3ccccc3)CC2)cc1. The smallest absolute Gasteiger partial charge is 0.258 e. The van der Waals surface area contributed by atoms with Crippen LogP contribution < -0.4 is 9.64 Å². The third-order valence-electron chi connectivity index (χ3n) is 8.16. The quantitative estimate of drug-likeness (QED) is 0.386. The highest BCUT2D eigenvalue weighted by Gasteiger charge is 2.36. The number of hydrogen-bond acceptors (Lipinski definition) is 3. The van der Waals surface area contributed by atoms with Gasteiger partial charge in [0.15, 0.2) is 0 Å². The van der Waals surface area contributed by atoms with E-state index in [1.54, 1.807) is 7.11 Å². The summed E-state index contributed by atoms with van der Waals surface area (Å²) < 4.78 is 5.37. The number of nitrogens with zero attached hydrogens (tertiary/aromatic N) is 2. The average Bonchev–Trinajstić information content (AvgIpc) is 2.95. The minimum absolute atomic E-state index is 0.0819. The van der Waals surface area contributed by atoms with Gasteiger partial charge in [0.05, 0.1) is 7.11 Å². The van der Waals surface area contributed by atoms with E-state index in [1.807, 2.05) is 53.4 Å². The number of anilines is 1. The van der Waals surface area contributed by atoms with Crippen molar-refractivity contribution >= 4 is 11.6 Å². The van der Waals surface area contributed by atoms with E-state index in [0.717, 1.165) is 48.5 Å². The maximum atomic E-state index is 13.8. The lowest BCUT2D eigenvalue weighted by Crippen LogP contribution is -2.51. The molecule has 4 nitrogen and oxygen atoms in total. The van der Waals surface area contributed by atoms with Gasteiger partial charge in [-0.15, -0.1) is 0 Å². The fourth-order valence-electron chi connectivity index (χ4n) is 6.19. The van der Waals surface area contributed by atoms with Crippen LogP contribution in [-0.2, 0) is 0 Å². The maximum absolute atomic E-state index is 13.8. The van der Waals surface area contributed by atoms with E-state index >= 15 is 0 Å². The fraction of sp³-hybridized carbons (Fsp3) is 0.406. The molecule has 2 unspecified atom stereocenters. The van der Waals surface area contributed by atoms with Gasteiger partial charge in [0.25, 0.3) is 5.91 Å². The van der Waals surface area contributed by atoms with Gasteiger partial charge in [0.2, 0.25) is 0 Å². The number of piperidine rings is 1. The first kappa shape index (κ1) is 24.6. The van der Waals surface area contributed by atoms with Crippen molar-refractivity contribution in [1.29, 1.82) is 0 Å². The van der Waals surface area contributed by atoms with Crippen LogP contribution in [0, 0.1) is 6.92 Å². The van der Waals surface area contributed by atoms with Crippen molar-refractivity contribution in [3.8, 4) is 5.75 Å². The number of amides is 1. The van der Waals surface area contributed by atoms with Gasteiger partial charge in [-0.2, -0.15) is 0 Å². The molecule has 2 atom stereocenters. The Morgan fingerprint density at radius 3 is 2.17 bits per heavy atom. The lowest BCUT2D eigenvalue weighted by atomic mass is 9.78. The number of carbonyl (C=O) groups excluding carboxylic acids is 1. The molecule has 4 heteroatoms. The molecule has 5 rings (SSSR count). The van der Waals surface area contributed by atoms with E-state index in [1.165, 1.54) is 31.2 Å². The molecular formula is C32H38N2O2. The van der Waals surface area contributed by atoms with Crippen LogP contribution in [0.3, 0.4) is 0 Å². The third-order valence-corrected chi connectivity index (χ3v) is 8.16. The van der Waals surface area contributed by atoms with Crippen LogP contribution in [0.5, 0.6) is 5.75 Å². The van der Waals surface area contributed by atoms with E-state index in [-0.39, 0.29) is 11.9 Å². The minimum Gasteiger partial charge on any atom is -0.497 e. The summed E-state index contributed by atoms with van der Waals surface area (Å²) in [6.45, 7) is 4.12. The Kier molecular flexibility index (Phi) is 7.72.